The fourth-order valence-electron chi connectivity index (χ4n) is 3.72. The van der Waals surface area contributed by atoms with Gasteiger partial charge in [-0.25, -0.2) is 8.42 Å². The summed E-state index contributed by atoms with van der Waals surface area (Å²) in [4.78, 5) is 15.1. The summed E-state index contributed by atoms with van der Waals surface area (Å²) in [6, 6.07) is 12.7. The first-order valence-electron chi connectivity index (χ1n) is 9.16. The molecule has 6 heteroatoms. The predicted molar refractivity (Wildman–Crippen MR) is 110 cm³/mol. The highest BCUT2D eigenvalue weighted by Crippen LogP contribution is 2.31. The van der Waals surface area contributed by atoms with E-state index >= 15 is 0 Å². The molecule has 27 heavy (non-hydrogen) atoms. The Morgan fingerprint density at radius 3 is 2.56 bits per heavy atom. The van der Waals surface area contributed by atoms with E-state index in [1.165, 1.54) is 4.31 Å². The van der Waals surface area contributed by atoms with E-state index in [1.54, 1.807) is 11.8 Å². The predicted octanol–water partition coefficient (Wildman–Crippen LogP) is 3.44. The minimum absolute atomic E-state index is 0.200. The first kappa shape index (κ1) is 19.4. The highest BCUT2D eigenvalue weighted by molar-refractivity contribution is 7.92. The fraction of sp³-hybridized carbons (Fsp3) is 0.381. The molecule has 1 heterocycles. The van der Waals surface area contributed by atoms with E-state index < -0.39 is 16.1 Å². The van der Waals surface area contributed by atoms with Crippen molar-refractivity contribution in [3.05, 3.63) is 59.2 Å². The second kappa shape index (κ2) is 7.35. The molecule has 1 atom stereocenters. The molecule has 1 amide bonds. The number of carbonyl (C=O) groups is 1. The summed E-state index contributed by atoms with van der Waals surface area (Å²) < 4.78 is 26.5. The number of benzene rings is 2. The number of amides is 1. The van der Waals surface area contributed by atoms with Crippen LogP contribution in [-0.4, -0.2) is 33.2 Å². The van der Waals surface area contributed by atoms with Gasteiger partial charge < -0.3 is 4.90 Å². The fourth-order valence-corrected chi connectivity index (χ4v) is 4.94. The highest BCUT2D eigenvalue weighted by Gasteiger charge is 2.34. The topological polar surface area (TPSA) is 57.7 Å². The molecule has 0 spiro atoms. The van der Waals surface area contributed by atoms with Crippen LogP contribution in [0.2, 0.25) is 0 Å². The van der Waals surface area contributed by atoms with Crippen LogP contribution in [0.15, 0.2) is 42.5 Å². The third kappa shape index (κ3) is 3.86. The number of hydrogen-bond donors (Lipinski definition) is 0. The second-order valence-corrected chi connectivity index (χ2v) is 9.11. The van der Waals surface area contributed by atoms with Gasteiger partial charge in [-0.15, -0.1) is 0 Å². The van der Waals surface area contributed by atoms with Crippen molar-refractivity contribution < 1.29 is 13.2 Å². The van der Waals surface area contributed by atoms with Crippen molar-refractivity contribution >= 4 is 27.3 Å². The van der Waals surface area contributed by atoms with E-state index in [0.717, 1.165) is 41.5 Å². The first-order chi connectivity index (χ1) is 12.7. The largest absolute Gasteiger partial charge is 0.310 e. The van der Waals surface area contributed by atoms with Gasteiger partial charge in [0.05, 0.1) is 11.9 Å². The Labute approximate surface area is 161 Å². The van der Waals surface area contributed by atoms with Crippen LogP contribution in [0.4, 0.5) is 11.4 Å². The van der Waals surface area contributed by atoms with Gasteiger partial charge >= 0.3 is 0 Å². The molecule has 2 aromatic carbocycles. The Hall–Kier alpha value is -2.34. The lowest BCUT2D eigenvalue weighted by molar-refractivity contribution is -0.119. The van der Waals surface area contributed by atoms with Gasteiger partial charge in [-0.05, 0) is 62.4 Å². The molecule has 1 aliphatic rings. The Kier molecular flexibility index (Phi) is 5.29. The molecule has 0 saturated carbocycles. The van der Waals surface area contributed by atoms with Crippen molar-refractivity contribution in [3.63, 3.8) is 0 Å². The van der Waals surface area contributed by atoms with Crippen molar-refractivity contribution in [2.75, 3.05) is 22.0 Å². The van der Waals surface area contributed by atoms with E-state index in [-0.39, 0.29) is 5.91 Å². The normalized spacial score (nSPS) is 15.2. The van der Waals surface area contributed by atoms with E-state index in [0.29, 0.717) is 12.2 Å². The van der Waals surface area contributed by atoms with Gasteiger partial charge in [-0.1, -0.05) is 30.3 Å². The van der Waals surface area contributed by atoms with Gasteiger partial charge in [-0.3, -0.25) is 9.10 Å². The summed E-state index contributed by atoms with van der Waals surface area (Å²) in [6.07, 6.45) is 2.96. The van der Waals surface area contributed by atoms with E-state index in [1.807, 2.05) is 56.3 Å². The number of fused-ring (bicyclic) bond motifs is 1. The molecule has 1 aliphatic heterocycles. The number of rotatable bonds is 4. The Morgan fingerprint density at radius 1 is 1.15 bits per heavy atom. The molecule has 2 aromatic rings. The third-order valence-electron chi connectivity index (χ3n) is 5.04. The summed E-state index contributed by atoms with van der Waals surface area (Å²) >= 11 is 0. The standard InChI is InChI=1S/C21H26N2O3S/c1-15-11-12-16(2)20(14-15)23(27(4,25)26)17(3)21(24)22-13-7-9-18-8-5-6-10-19(18)22/h5-6,8,10-12,14,17H,7,9,13H2,1-4H3/t17-/m0/s1. The number of para-hydroxylation sites is 1. The average molecular weight is 387 g/mol. The Morgan fingerprint density at radius 2 is 1.85 bits per heavy atom. The van der Waals surface area contributed by atoms with Crippen molar-refractivity contribution in [1.29, 1.82) is 0 Å². The molecule has 0 radical (unpaired) electrons. The summed E-state index contributed by atoms with van der Waals surface area (Å²) in [5.41, 5.74) is 4.34. The van der Waals surface area contributed by atoms with Gasteiger partial charge in [0.15, 0.2) is 0 Å². The van der Waals surface area contributed by atoms with Crippen molar-refractivity contribution in [1.82, 2.24) is 0 Å². The lowest BCUT2D eigenvalue weighted by Gasteiger charge is -2.36. The van der Waals surface area contributed by atoms with Gasteiger partial charge in [0.1, 0.15) is 6.04 Å². The zero-order chi connectivity index (χ0) is 19.8. The van der Waals surface area contributed by atoms with Crippen LogP contribution in [0.25, 0.3) is 0 Å². The zero-order valence-corrected chi connectivity index (χ0v) is 17.1. The second-order valence-electron chi connectivity index (χ2n) is 7.25. The summed E-state index contributed by atoms with van der Waals surface area (Å²) in [6.45, 7) is 6.05. The quantitative estimate of drug-likeness (QED) is 0.809. The Balaban J connectivity index is 2.02. The lowest BCUT2D eigenvalue weighted by Crippen LogP contribution is -2.51. The van der Waals surface area contributed by atoms with Gasteiger partial charge in [0.2, 0.25) is 10.0 Å². The van der Waals surface area contributed by atoms with Crippen LogP contribution in [0.1, 0.15) is 30.0 Å². The summed E-state index contributed by atoms with van der Waals surface area (Å²) in [7, 11) is -3.63. The molecule has 144 valence electrons. The summed E-state index contributed by atoms with van der Waals surface area (Å²) in [5, 5.41) is 0. The molecule has 0 aromatic heterocycles. The number of aryl methyl sites for hydroxylation is 3. The average Bonchev–Trinajstić information content (AvgIpc) is 2.62. The smallest absolute Gasteiger partial charge is 0.250 e. The number of carbonyl (C=O) groups excluding carboxylic acids is 1. The van der Waals surface area contributed by atoms with E-state index in [9.17, 15) is 13.2 Å². The van der Waals surface area contributed by atoms with E-state index in [4.69, 9.17) is 0 Å². The maximum atomic E-state index is 13.3. The molecule has 0 saturated heterocycles. The maximum absolute atomic E-state index is 13.3. The van der Waals surface area contributed by atoms with Crippen LogP contribution >= 0.6 is 0 Å². The zero-order valence-electron chi connectivity index (χ0n) is 16.3. The van der Waals surface area contributed by atoms with Crippen LogP contribution in [-0.2, 0) is 21.2 Å². The minimum atomic E-state index is -3.63. The van der Waals surface area contributed by atoms with Crippen LogP contribution in [0.5, 0.6) is 0 Å². The maximum Gasteiger partial charge on any atom is 0.250 e. The molecule has 3 rings (SSSR count). The number of sulfonamides is 1. The molecule has 5 nitrogen and oxygen atoms in total. The lowest BCUT2D eigenvalue weighted by atomic mass is 10.0. The molecule has 0 aliphatic carbocycles. The Bertz CT molecular complexity index is 969. The van der Waals surface area contributed by atoms with Crippen LogP contribution in [0.3, 0.4) is 0 Å². The summed E-state index contributed by atoms with van der Waals surface area (Å²) in [5.74, 6) is -0.200. The molecular formula is C21H26N2O3S. The monoisotopic (exact) mass is 386 g/mol. The molecule has 0 fully saturated rings. The highest BCUT2D eigenvalue weighted by atomic mass is 32.2. The van der Waals surface area contributed by atoms with Gasteiger partial charge in [0, 0.05) is 12.2 Å². The van der Waals surface area contributed by atoms with Crippen LogP contribution < -0.4 is 9.21 Å². The van der Waals surface area contributed by atoms with Crippen molar-refractivity contribution in [2.24, 2.45) is 0 Å². The number of anilines is 2. The van der Waals surface area contributed by atoms with Crippen molar-refractivity contribution in [3.8, 4) is 0 Å². The van der Waals surface area contributed by atoms with Gasteiger partial charge in [0.25, 0.3) is 5.91 Å². The third-order valence-corrected chi connectivity index (χ3v) is 6.27. The molecule has 0 unspecified atom stereocenters. The molecule has 0 N–H and O–H groups in total. The van der Waals surface area contributed by atoms with Crippen LogP contribution in [0, 0.1) is 13.8 Å². The van der Waals surface area contributed by atoms with E-state index in [2.05, 4.69) is 0 Å². The van der Waals surface area contributed by atoms with Gasteiger partial charge in [-0.2, -0.15) is 0 Å². The van der Waals surface area contributed by atoms with Crippen molar-refractivity contribution in [2.45, 2.75) is 39.7 Å². The number of hydrogen-bond acceptors (Lipinski definition) is 3. The minimum Gasteiger partial charge on any atom is -0.310 e. The first-order valence-corrected chi connectivity index (χ1v) is 11.0. The molecule has 0 bridgehead atoms. The number of nitrogens with zero attached hydrogens (tertiary/aromatic N) is 2. The SMILES string of the molecule is Cc1ccc(C)c(N([C@@H](C)C(=O)N2CCCc3ccccc32)S(C)(=O)=O)c1. The molecular weight excluding hydrogens is 360 g/mol.